The third-order valence-corrected chi connectivity index (χ3v) is 5.96. The number of rotatable bonds is 2. The van der Waals surface area contributed by atoms with Crippen molar-refractivity contribution in [1.82, 2.24) is 5.16 Å². The van der Waals surface area contributed by atoms with Crippen molar-refractivity contribution in [3.8, 4) is 21.8 Å². The summed E-state index contributed by atoms with van der Waals surface area (Å²) in [6.07, 6.45) is 0. The molecule has 0 fully saturated rings. The van der Waals surface area contributed by atoms with Gasteiger partial charge in [-0.05, 0) is 55.6 Å². The first-order valence-corrected chi connectivity index (χ1v) is 7.93. The molecular formula is C13H7Br2FN2OS. The van der Waals surface area contributed by atoms with E-state index in [2.05, 4.69) is 37.0 Å². The lowest BCUT2D eigenvalue weighted by atomic mass is 10.1. The predicted molar refractivity (Wildman–Crippen MR) is 85.0 cm³/mol. The van der Waals surface area contributed by atoms with Crippen molar-refractivity contribution in [2.24, 2.45) is 0 Å². The molecule has 2 N–H and O–H groups in total. The van der Waals surface area contributed by atoms with E-state index in [-0.39, 0.29) is 11.6 Å². The van der Waals surface area contributed by atoms with Crippen molar-refractivity contribution >= 4 is 49.0 Å². The highest BCUT2D eigenvalue weighted by Crippen LogP contribution is 2.43. The Balaban J connectivity index is 2.19. The number of benzene rings is 1. The van der Waals surface area contributed by atoms with Crippen LogP contribution in [0.4, 0.5) is 10.2 Å². The molecule has 0 radical (unpaired) electrons. The van der Waals surface area contributed by atoms with Crippen LogP contribution in [0, 0.1) is 5.82 Å². The number of halogens is 3. The Kier molecular flexibility index (Phi) is 3.66. The van der Waals surface area contributed by atoms with Crippen LogP contribution in [0.15, 0.2) is 43.1 Å². The first-order chi connectivity index (χ1) is 9.56. The summed E-state index contributed by atoms with van der Waals surface area (Å²) in [7, 11) is 0. The SMILES string of the molecule is Nc1noc(-c2cc(Br)c(Br)s2)c1-c1cccc(F)c1. The minimum absolute atomic E-state index is 0.242. The van der Waals surface area contributed by atoms with E-state index >= 15 is 0 Å². The lowest BCUT2D eigenvalue weighted by Gasteiger charge is -2.01. The van der Waals surface area contributed by atoms with Gasteiger partial charge in [0.2, 0.25) is 0 Å². The van der Waals surface area contributed by atoms with Crippen LogP contribution in [-0.2, 0) is 0 Å². The maximum absolute atomic E-state index is 13.4. The molecule has 1 aromatic carbocycles. The van der Waals surface area contributed by atoms with Crippen LogP contribution in [-0.4, -0.2) is 5.16 Å². The average molecular weight is 418 g/mol. The molecule has 0 aliphatic heterocycles. The molecule has 102 valence electrons. The zero-order valence-electron chi connectivity index (χ0n) is 9.86. The van der Waals surface area contributed by atoms with Gasteiger partial charge in [0.25, 0.3) is 0 Å². The maximum atomic E-state index is 13.4. The number of nitrogens with two attached hydrogens (primary N) is 1. The fourth-order valence-corrected chi connectivity index (χ4v) is 3.87. The smallest absolute Gasteiger partial charge is 0.186 e. The first kappa shape index (κ1) is 13.8. The summed E-state index contributed by atoms with van der Waals surface area (Å²) in [5, 5.41) is 3.79. The molecule has 0 spiro atoms. The Bertz CT molecular complexity index is 765. The van der Waals surface area contributed by atoms with Crippen LogP contribution < -0.4 is 5.73 Å². The van der Waals surface area contributed by atoms with Crippen LogP contribution in [0.2, 0.25) is 0 Å². The molecule has 0 bridgehead atoms. The van der Waals surface area contributed by atoms with Gasteiger partial charge in [-0.25, -0.2) is 4.39 Å². The molecule has 3 nitrogen and oxygen atoms in total. The molecule has 7 heteroatoms. The molecule has 0 atom stereocenters. The van der Waals surface area contributed by atoms with Crippen molar-refractivity contribution in [2.75, 3.05) is 5.73 Å². The number of hydrogen-bond donors (Lipinski definition) is 1. The van der Waals surface area contributed by atoms with E-state index in [0.717, 1.165) is 13.1 Å². The maximum Gasteiger partial charge on any atom is 0.186 e. The second-order valence-corrected chi connectivity index (χ2v) is 7.24. The molecule has 0 saturated carbocycles. The Hall–Kier alpha value is -1.18. The van der Waals surface area contributed by atoms with Crippen molar-refractivity contribution in [3.63, 3.8) is 0 Å². The number of nitrogens with zero attached hydrogens (tertiary/aromatic N) is 1. The average Bonchev–Trinajstić information content (AvgIpc) is 2.93. The number of hydrogen-bond acceptors (Lipinski definition) is 4. The van der Waals surface area contributed by atoms with Gasteiger partial charge in [0.1, 0.15) is 5.82 Å². The molecule has 0 unspecified atom stereocenters. The predicted octanol–water partition coefficient (Wildman–Crippen LogP) is 5.32. The Morgan fingerprint density at radius 2 is 2.05 bits per heavy atom. The van der Waals surface area contributed by atoms with Crippen molar-refractivity contribution in [2.45, 2.75) is 0 Å². The molecule has 3 aromatic rings. The van der Waals surface area contributed by atoms with Crippen LogP contribution in [0.1, 0.15) is 0 Å². The molecule has 20 heavy (non-hydrogen) atoms. The van der Waals surface area contributed by atoms with Crippen LogP contribution in [0.25, 0.3) is 21.8 Å². The monoisotopic (exact) mass is 416 g/mol. The summed E-state index contributed by atoms with van der Waals surface area (Å²) in [4.78, 5) is 0.854. The van der Waals surface area contributed by atoms with E-state index in [1.54, 1.807) is 12.1 Å². The summed E-state index contributed by atoms with van der Waals surface area (Å²) in [6, 6.07) is 8.08. The topological polar surface area (TPSA) is 52.0 Å². The highest BCUT2D eigenvalue weighted by molar-refractivity contribution is 9.13. The van der Waals surface area contributed by atoms with E-state index in [0.29, 0.717) is 16.9 Å². The Morgan fingerprint density at radius 3 is 2.70 bits per heavy atom. The van der Waals surface area contributed by atoms with Gasteiger partial charge in [0.15, 0.2) is 11.6 Å². The third-order valence-electron chi connectivity index (χ3n) is 2.70. The van der Waals surface area contributed by atoms with Gasteiger partial charge < -0.3 is 10.3 Å². The fourth-order valence-electron chi connectivity index (χ4n) is 1.85. The minimum atomic E-state index is -0.331. The lowest BCUT2D eigenvalue weighted by Crippen LogP contribution is -1.89. The Morgan fingerprint density at radius 1 is 1.25 bits per heavy atom. The third kappa shape index (κ3) is 2.41. The van der Waals surface area contributed by atoms with Gasteiger partial charge >= 0.3 is 0 Å². The molecule has 2 aromatic heterocycles. The molecule has 2 heterocycles. The first-order valence-electron chi connectivity index (χ1n) is 5.52. The molecule has 0 aliphatic carbocycles. The summed E-state index contributed by atoms with van der Waals surface area (Å²) in [6.45, 7) is 0. The summed E-state index contributed by atoms with van der Waals surface area (Å²) in [5.74, 6) is 0.443. The van der Waals surface area contributed by atoms with E-state index in [1.165, 1.54) is 23.5 Å². The second-order valence-electron chi connectivity index (χ2n) is 4.01. The minimum Gasteiger partial charge on any atom is -0.380 e. The van der Waals surface area contributed by atoms with Crippen molar-refractivity contribution < 1.29 is 8.91 Å². The number of thiophene rings is 1. The second kappa shape index (κ2) is 5.31. The highest BCUT2D eigenvalue weighted by Gasteiger charge is 2.20. The van der Waals surface area contributed by atoms with Gasteiger partial charge in [0, 0.05) is 4.47 Å². The molecule has 0 saturated heterocycles. The summed E-state index contributed by atoms with van der Waals surface area (Å²) >= 11 is 8.33. The van der Waals surface area contributed by atoms with Crippen molar-refractivity contribution in [3.05, 3.63) is 44.4 Å². The zero-order valence-corrected chi connectivity index (χ0v) is 13.9. The quantitative estimate of drug-likeness (QED) is 0.614. The van der Waals surface area contributed by atoms with Gasteiger partial charge in [0.05, 0.1) is 14.2 Å². The van der Waals surface area contributed by atoms with Crippen LogP contribution >= 0.6 is 43.2 Å². The molecule has 3 rings (SSSR count). The van der Waals surface area contributed by atoms with E-state index < -0.39 is 0 Å². The standard InChI is InChI=1S/C13H7Br2FN2OS/c14-8-5-9(20-12(8)15)11-10(13(17)18-19-11)6-2-1-3-7(16)4-6/h1-5H,(H2,17,18). The summed E-state index contributed by atoms with van der Waals surface area (Å²) < 4.78 is 20.6. The zero-order chi connectivity index (χ0) is 14.3. The highest BCUT2D eigenvalue weighted by atomic mass is 79.9. The van der Waals surface area contributed by atoms with E-state index in [1.807, 2.05) is 6.07 Å². The molecule has 0 amide bonds. The Labute approximate surface area is 134 Å². The van der Waals surface area contributed by atoms with E-state index in [4.69, 9.17) is 10.3 Å². The molecule has 0 aliphatic rings. The van der Waals surface area contributed by atoms with Gasteiger partial charge in [-0.3, -0.25) is 0 Å². The van der Waals surface area contributed by atoms with Gasteiger partial charge in [-0.2, -0.15) is 0 Å². The molecular weight excluding hydrogens is 411 g/mol. The van der Waals surface area contributed by atoms with Gasteiger partial charge in [-0.1, -0.05) is 17.3 Å². The van der Waals surface area contributed by atoms with Gasteiger partial charge in [-0.15, -0.1) is 11.3 Å². The summed E-state index contributed by atoms with van der Waals surface area (Å²) in [5.41, 5.74) is 7.10. The normalized spacial score (nSPS) is 10.9. The van der Waals surface area contributed by atoms with E-state index in [9.17, 15) is 4.39 Å². The fraction of sp³-hybridized carbons (Fsp3) is 0. The van der Waals surface area contributed by atoms with Crippen LogP contribution in [0.5, 0.6) is 0 Å². The number of nitrogen functional groups attached to an aromatic ring is 1. The number of anilines is 1. The van der Waals surface area contributed by atoms with Crippen LogP contribution in [0.3, 0.4) is 0 Å². The lowest BCUT2D eigenvalue weighted by molar-refractivity contribution is 0.437. The largest absolute Gasteiger partial charge is 0.380 e. The van der Waals surface area contributed by atoms with Crippen molar-refractivity contribution in [1.29, 1.82) is 0 Å². The number of aromatic nitrogens is 1.